The molecule has 0 atom stereocenters. The molecule has 1 aliphatic carbocycles. The fourth-order valence-electron chi connectivity index (χ4n) is 3.90. The third kappa shape index (κ3) is 5.16. The molecular formula is C24H24ClN3O2. The van der Waals surface area contributed by atoms with Gasteiger partial charge in [-0.1, -0.05) is 49.4 Å². The van der Waals surface area contributed by atoms with Crippen LogP contribution in [0.2, 0.25) is 5.02 Å². The van der Waals surface area contributed by atoms with E-state index in [-0.39, 0.29) is 18.1 Å². The number of aromatic hydroxyl groups is 1. The summed E-state index contributed by atoms with van der Waals surface area (Å²) in [5.74, 6) is 1.19. The van der Waals surface area contributed by atoms with E-state index in [1.165, 1.54) is 25.7 Å². The van der Waals surface area contributed by atoms with Gasteiger partial charge in [0.05, 0.1) is 24.0 Å². The molecule has 0 saturated heterocycles. The van der Waals surface area contributed by atoms with Gasteiger partial charge in [0.1, 0.15) is 5.75 Å². The predicted octanol–water partition coefficient (Wildman–Crippen LogP) is 5.42. The number of halogens is 1. The van der Waals surface area contributed by atoms with Crippen LogP contribution in [0.1, 0.15) is 36.9 Å². The molecule has 0 radical (unpaired) electrons. The van der Waals surface area contributed by atoms with Crippen LogP contribution in [0.25, 0.3) is 11.3 Å². The van der Waals surface area contributed by atoms with Crippen LogP contribution in [-0.2, 0) is 17.6 Å². The largest absolute Gasteiger partial charge is 0.508 e. The molecule has 1 aliphatic rings. The average molecular weight is 422 g/mol. The normalized spacial score (nSPS) is 14.0. The molecule has 4 rings (SSSR count). The Morgan fingerprint density at radius 2 is 1.77 bits per heavy atom. The first-order valence-electron chi connectivity index (χ1n) is 10.3. The van der Waals surface area contributed by atoms with Crippen LogP contribution in [0, 0.1) is 5.92 Å². The van der Waals surface area contributed by atoms with Gasteiger partial charge in [-0.05, 0) is 54.3 Å². The second-order valence-electron chi connectivity index (χ2n) is 7.80. The molecule has 0 aliphatic heterocycles. The number of carbonyl (C=O) groups excluding carboxylic acids is 1. The number of benzene rings is 2. The van der Waals surface area contributed by atoms with Gasteiger partial charge in [0.2, 0.25) is 5.91 Å². The number of phenolic OH excluding ortho intramolecular Hbond substituents is 1. The van der Waals surface area contributed by atoms with E-state index in [4.69, 9.17) is 16.6 Å². The second kappa shape index (κ2) is 9.26. The van der Waals surface area contributed by atoms with Crippen LogP contribution < -0.4 is 5.32 Å². The minimum absolute atomic E-state index is 0.128. The summed E-state index contributed by atoms with van der Waals surface area (Å²) in [4.78, 5) is 22.0. The zero-order valence-corrected chi connectivity index (χ0v) is 17.4. The molecule has 1 heterocycles. The standard InChI is InChI=1S/C24H24ClN3O2/c25-19-9-5-17(6-10-19)14-23(30)28-24-21(13-16-3-1-2-4-16)27-22(15-26-24)18-7-11-20(29)12-8-18/h5-12,15-16,29H,1-4,13-14H2,(H,26,28,30). The van der Waals surface area contributed by atoms with Crippen molar-refractivity contribution in [3.8, 4) is 17.0 Å². The number of anilines is 1. The van der Waals surface area contributed by atoms with Gasteiger partial charge in [0.15, 0.2) is 5.82 Å². The summed E-state index contributed by atoms with van der Waals surface area (Å²) < 4.78 is 0. The van der Waals surface area contributed by atoms with E-state index in [1.54, 1.807) is 30.5 Å². The first-order chi connectivity index (χ1) is 14.6. The van der Waals surface area contributed by atoms with Gasteiger partial charge in [-0.25, -0.2) is 9.97 Å². The van der Waals surface area contributed by atoms with Crippen LogP contribution in [0.4, 0.5) is 5.82 Å². The van der Waals surface area contributed by atoms with E-state index in [2.05, 4.69) is 10.3 Å². The van der Waals surface area contributed by atoms with Crippen molar-refractivity contribution in [3.63, 3.8) is 0 Å². The van der Waals surface area contributed by atoms with Gasteiger partial charge in [0.25, 0.3) is 0 Å². The summed E-state index contributed by atoms with van der Waals surface area (Å²) in [5.41, 5.74) is 3.32. The summed E-state index contributed by atoms with van der Waals surface area (Å²) in [6.07, 6.45) is 7.58. The number of aromatic nitrogens is 2. The monoisotopic (exact) mass is 421 g/mol. The lowest BCUT2D eigenvalue weighted by Crippen LogP contribution is -2.18. The second-order valence-corrected chi connectivity index (χ2v) is 8.24. The SMILES string of the molecule is O=C(Cc1ccc(Cl)cc1)Nc1ncc(-c2ccc(O)cc2)nc1CC1CCCC1. The van der Waals surface area contributed by atoms with E-state index in [0.29, 0.717) is 16.8 Å². The van der Waals surface area contributed by atoms with Crippen molar-refractivity contribution < 1.29 is 9.90 Å². The molecule has 0 spiro atoms. The molecule has 1 aromatic heterocycles. The van der Waals surface area contributed by atoms with Gasteiger partial charge in [-0.3, -0.25) is 4.79 Å². The Hall–Kier alpha value is -2.92. The lowest BCUT2D eigenvalue weighted by atomic mass is 10.0. The highest BCUT2D eigenvalue weighted by Crippen LogP contribution is 2.30. The highest BCUT2D eigenvalue weighted by atomic mass is 35.5. The van der Waals surface area contributed by atoms with E-state index in [9.17, 15) is 9.90 Å². The maximum Gasteiger partial charge on any atom is 0.229 e. The number of nitrogens with zero attached hydrogens (tertiary/aromatic N) is 2. The Morgan fingerprint density at radius 1 is 1.07 bits per heavy atom. The quantitative estimate of drug-likeness (QED) is 0.557. The van der Waals surface area contributed by atoms with Crippen LogP contribution in [0.5, 0.6) is 5.75 Å². The Bertz CT molecular complexity index is 1010. The summed E-state index contributed by atoms with van der Waals surface area (Å²) >= 11 is 5.92. The molecule has 5 nitrogen and oxygen atoms in total. The average Bonchev–Trinajstić information content (AvgIpc) is 3.25. The van der Waals surface area contributed by atoms with Crippen molar-refractivity contribution in [3.05, 3.63) is 71.0 Å². The first-order valence-corrected chi connectivity index (χ1v) is 10.6. The smallest absolute Gasteiger partial charge is 0.229 e. The summed E-state index contributed by atoms with van der Waals surface area (Å²) in [6, 6.07) is 14.2. The third-order valence-corrected chi connectivity index (χ3v) is 5.75. The zero-order chi connectivity index (χ0) is 20.9. The molecule has 30 heavy (non-hydrogen) atoms. The number of phenols is 1. The van der Waals surface area contributed by atoms with Crippen molar-refractivity contribution in [1.82, 2.24) is 9.97 Å². The Balaban J connectivity index is 1.56. The summed E-state index contributed by atoms with van der Waals surface area (Å²) in [5, 5.41) is 13.1. The van der Waals surface area contributed by atoms with Crippen LogP contribution in [0.3, 0.4) is 0 Å². The number of carbonyl (C=O) groups is 1. The number of nitrogens with one attached hydrogen (secondary N) is 1. The maximum atomic E-state index is 12.6. The molecule has 2 aromatic carbocycles. The molecule has 1 saturated carbocycles. The van der Waals surface area contributed by atoms with Crippen molar-refractivity contribution in [1.29, 1.82) is 0 Å². The van der Waals surface area contributed by atoms with Crippen LogP contribution >= 0.6 is 11.6 Å². The van der Waals surface area contributed by atoms with E-state index < -0.39 is 0 Å². The molecule has 1 amide bonds. The van der Waals surface area contributed by atoms with Gasteiger partial charge in [-0.2, -0.15) is 0 Å². The molecule has 6 heteroatoms. The number of rotatable bonds is 6. The van der Waals surface area contributed by atoms with Crippen molar-refractivity contribution in [2.24, 2.45) is 5.92 Å². The Labute approximate surface area is 181 Å². The molecule has 0 unspecified atom stereocenters. The lowest BCUT2D eigenvalue weighted by Gasteiger charge is -2.14. The first kappa shape index (κ1) is 20.4. The molecule has 1 fully saturated rings. The topological polar surface area (TPSA) is 75.1 Å². The van der Waals surface area contributed by atoms with E-state index >= 15 is 0 Å². The van der Waals surface area contributed by atoms with Crippen LogP contribution in [0.15, 0.2) is 54.7 Å². The molecule has 154 valence electrons. The highest BCUT2D eigenvalue weighted by Gasteiger charge is 2.20. The third-order valence-electron chi connectivity index (χ3n) is 5.50. The van der Waals surface area contributed by atoms with Gasteiger partial charge < -0.3 is 10.4 Å². The molecular weight excluding hydrogens is 398 g/mol. The van der Waals surface area contributed by atoms with Gasteiger partial charge in [0, 0.05) is 10.6 Å². The fraction of sp³-hybridized carbons (Fsp3) is 0.292. The van der Waals surface area contributed by atoms with E-state index in [1.807, 2.05) is 24.3 Å². The van der Waals surface area contributed by atoms with Gasteiger partial charge in [-0.15, -0.1) is 0 Å². The van der Waals surface area contributed by atoms with Gasteiger partial charge >= 0.3 is 0 Å². The minimum atomic E-state index is -0.128. The molecule has 3 aromatic rings. The van der Waals surface area contributed by atoms with E-state index in [0.717, 1.165) is 28.9 Å². The number of amides is 1. The maximum absolute atomic E-state index is 12.6. The van der Waals surface area contributed by atoms with Crippen molar-refractivity contribution >= 4 is 23.3 Å². The number of hydrogen-bond donors (Lipinski definition) is 2. The summed E-state index contributed by atoms with van der Waals surface area (Å²) in [7, 11) is 0. The lowest BCUT2D eigenvalue weighted by molar-refractivity contribution is -0.115. The molecule has 0 bridgehead atoms. The van der Waals surface area contributed by atoms with Crippen LogP contribution in [-0.4, -0.2) is 21.0 Å². The molecule has 2 N–H and O–H groups in total. The fourth-order valence-corrected chi connectivity index (χ4v) is 4.02. The van der Waals surface area contributed by atoms with Crippen molar-refractivity contribution in [2.45, 2.75) is 38.5 Å². The highest BCUT2D eigenvalue weighted by molar-refractivity contribution is 6.30. The Kier molecular flexibility index (Phi) is 6.29. The number of hydrogen-bond acceptors (Lipinski definition) is 4. The zero-order valence-electron chi connectivity index (χ0n) is 16.6. The minimum Gasteiger partial charge on any atom is -0.508 e. The predicted molar refractivity (Wildman–Crippen MR) is 119 cm³/mol. The summed E-state index contributed by atoms with van der Waals surface area (Å²) in [6.45, 7) is 0. The van der Waals surface area contributed by atoms with Crippen molar-refractivity contribution in [2.75, 3.05) is 5.32 Å². The Morgan fingerprint density at radius 3 is 2.47 bits per heavy atom.